The number of aryl methyl sites for hydroxylation is 1. The van der Waals surface area contributed by atoms with Gasteiger partial charge in [0, 0.05) is 18.0 Å². The zero-order valence-corrected chi connectivity index (χ0v) is 16.6. The maximum Gasteiger partial charge on any atom is 0.264 e. The lowest BCUT2D eigenvalue weighted by Crippen LogP contribution is -1.97. The van der Waals surface area contributed by atoms with E-state index in [4.69, 9.17) is 14.0 Å². The van der Waals surface area contributed by atoms with Gasteiger partial charge in [-0.3, -0.25) is 4.98 Å². The third kappa shape index (κ3) is 4.18. The Balaban J connectivity index is 1.39. The minimum absolute atomic E-state index is 0.201. The summed E-state index contributed by atoms with van der Waals surface area (Å²) in [5, 5.41) is 4.57. The smallest absolute Gasteiger partial charge is 0.264 e. The summed E-state index contributed by atoms with van der Waals surface area (Å²) >= 11 is 0. The summed E-state index contributed by atoms with van der Waals surface area (Å²) in [5.41, 5.74) is 1.67. The first-order valence-electron chi connectivity index (χ1n) is 9.62. The van der Waals surface area contributed by atoms with Gasteiger partial charge in [0.05, 0.1) is 10.9 Å². The summed E-state index contributed by atoms with van der Waals surface area (Å²) in [4.78, 5) is 17.5. The second-order valence-electron chi connectivity index (χ2n) is 6.70. The molecule has 0 saturated heterocycles. The van der Waals surface area contributed by atoms with Gasteiger partial charge in [0.1, 0.15) is 11.5 Å². The number of hydrogen-bond donors (Lipinski definition) is 0. The summed E-state index contributed by atoms with van der Waals surface area (Å²) in [6.45, 7) is 1.96. The molecule has 0 fully saturated rings. The predicted molar refractivity (Wildman–Crippen MR) is 113 cm³/mol. The molecular formula is C23H17N5O3. The molecular weight excluding hydrogens is 394 g/mol. The van der Waals surface area contributed by atoms with Crippen molar-refractivity contribution in [2.45, 2.75) is 13.5 Å². The SMILES string of the molecule is Cc1noc(COc2ccc(Oc3nc(-c4ccncc4)nc4ccccc34)cc2)n1. The molecule has 0 bridgehead atoms. The van der Waals surface area contributed by atoms with E-state index in [1.54, 1.807) is 19.3 Å². The van der Waals surface area contributed by atoms with Crippen LogP contribution >= 0.6 is 0 Å². The zero-order valence-electron chi connectivity index (χ0n) is 16.6. The minimum Gasteiger partial charge on any atom is -0.484 e. The molecule has 5 aromatic rings. The number of ether oxygens (including phenoxy) is 2. The van der Waals surface area contributed by atoms with Crippen LogP contribution in [0.5, 0.6) is 17.4 Å². The van der Waals surface area contributed by atoms with E-state index in [0.717, 1.165) is 16.5 Å². The van der Waals surface area contributed by atoms with Gasteiger partial charge in [0.25, 0.3) is 5.89 Å². The van der Waals surface area contributed by atoms with Crippen LogP contribution in [0.15, 0.2) is 77.6 Å². The standard InChI is InChI=1S/C23H17N5O3/c1-15-25-21(31-28-15)14-29-17-6-8-18(9-7-17)30-23-19-4-2-3-5-20(19)26-22(27-23)16-10-12-24-13-11-16/h2-13H,14H2,1H3. The van der Waals surface area contributed by atoms with Gasteiger partial charge in [-0.1, -0.05) is 17.3 Å². The summed E-state index contributed by atoms with van der Waals surface area (Å²) in [6, 6.07) is 18.7. The normalized spacial score (nSPS) is 10.9. The molecule has 3 aromatic heterocycles. The fourth-order valence-corrected chi connectivity index (χ4v) is 3.01. The fraction of sp³-hybridized carbons (Fsp3) is 0.0870. The lowest BCUT2D eigenvalue weighted by Gasteiger charge is -2.11. The van der Waals surface area contributed by atoms with Crippen molar-refractivity contribution in [1.29, 1.82) is 0 Å². The molecule has 0 aliphatic carbocycles. The molecule has 0 N–H and O–H groups in total. The van der Waals surface area contributed by atoms with Gasteiger partial charge in [-0.25, -0.2) is 4.98 Å². The van der Waals surface area contributed by atoms with Crippen molar-refractivity contribution in [1.82, 2.24) is 25.1 Å². The molecule has 0 unspecified atom stereocenters. The van der Waals surface area contributed by atoms with E-state index < -0.39 is 0 Å². The first-order chi connectivity index (χ1) is 15.2. The Hall–Kier alpha value is -4.33. The molecule has 0 atom stereocenters. The number of fused-ring (bicyclic) bond motifs is 1. The Morgan fingerprint density at radius 3 is 2.39 bits per heavy atom. The van der Waals surface area contributed by atoms with Gasteiger partial charge < -0.3 is 14.0 Å². The highest BCUT2D eigenvalue weighted by Crippen LogP contribution is 2.30. The second kappa shape index (κ2) is 8.19. The van der Waals surface area contributed by atoms with Crippen LogP contribution in [0.3, 0.4) is 0 Å². The molecule has 5 rings (SSSR count). The summed E-state index contributed by atoms with van der Waals surface area (Å²) in [6.07, 6.45) is 3.42. The first-order valence-corrected chi connectivity index (χ1v) is 9.62. The Kier molecular flexibility index (Phi) is 4.94. The molecule has 0 saturated carbocycles. The number of aromatic nitrogens is 5. The van der Waals surface area contributed by atoms with Crippen LogP contribution in [0.1, 0.15) is 11.7 Å². The van der Waals surface area contributed by atoms with Crippen LogP contribution in [-0.2, 0) is 6.61 Å². The topological polar surface area (TPSA) is 96.1 Å². The van der Waals surface area contributed by atoms with Gasteiger partial charge in [-0.05, 0) is 55.5 Å². The van der Waals surface area contributed by atoms with Gasteiger partial charge >= 0.3 is 0 Å². The zero-order chi connectivity index (χ0) is 21.0. The predicted octanol–water partition coefficient (Wildman–Crippen LogP) is 4.75. The molecule has 0 aliphatic rings. The largest absolute Gasteiger partial charge is 0.484 e. The van der Waals surface area contributed by atoms with Crippen LogP contribution in [-0.4, -0.2) is 25.1 Å². The van der Waals surface area contributed by atoms with E-state index in [2.05, 4.69) is 25.1 Å². The summed E-state index contributed by atoms with van der Waals surface area (Å²) in [7, 11) is 0. The van der Waals surface area contributed by atoms with E-state index in [1.807, 2.05) is 60.7 Å². The average Bonchev–Trinajstić information content (AvgIpc) is 3.24. The lowest BCUT2D eigenvalue weighted by molar-refractivity contribution is 0.242. The highest BCUT2D eigenvalue weighted by Gasteiger charge is 2.11. The molecule has 8 heteroatoms. The number of nitrogens with zero attached hydrogens (tertiary/aromatic N) is 5. The number of para-hydroxylation sites is 1. The van der Waals surface area contributed by atoms with Crippen molar-refractivity contribution in [2.24, 2.45) is 0 Å². The number of pyridine rings is 1. The van der Waals surface area contributed by atoms with E-state index in [9.17, 15) is 0 Å². The maximum atomic E-state index is 6.11. The molecule has 3 heterocycles. The van der Waals surface area contributed by atoms with Crippen molar-refractivity contribution in [3.8, 4) is 28.8 Å². The second-order valence-corrected chi connectivity index (χ2v) is 6.70. The average molecular weight is 411 g/mol. The van der Waals surface area contributed by atoms with Crippen LogP contribution in [0.2, 0.25) is 0 Å². The molecule has 0 amide bonds. The highest BCUT2D eigenvalue weighted by atomic mass is 16.5. The molecule has 8 nitrogen and oxygen atoms in total. The van der Waals surface area contributed by atoms with Gasteiger partial charge in [-0.2, -0.15) is 9.97 Å². The number of rotatable bonds is 6. The number of benzene rings is 2. The molecule has 0 radical (unpaired) electrons. The molecule has 2 aromatic carbocycles. The van der Waals surface area contributed by atoms with Crippen LogP contribution < -0.4 is 9.47 Å². The quantitative estimate of drug-likeness (QED) is 0.395. The third-order valence-electron chi connectivity index (χ3n) is 4.48. The Morgan fingerprint density at radius 1 is 0.839 bits per heavy atom. The van der Waals surface area contributed by atoms with E-state index in [1.165, 1.54) is 0 Å². The maximum absolute atomic E-state index is 6.11. The van der Waals surface area contributed by atoms with Crippen LogP contribution in [0.4, 0.5) is 0 Å². The van der Waals surface area contributed by atoms with E-state index in [-0.39, 0.29) is 6.61 Å². The summed E-state index contributed by atoms with van der Waals surface area (Å²) < 4.78 is 16.8. The van der Waals surface area contributed by atoms with E-state index in [0.29, 0.717) is 34.9 Å². The minimum atomic E-state index is 0.201. The van der Waals surface area contributed by atoms with Gasteiger partial charge in [-0.15, -0.1) is 0 Å². The Bertz CT molecular complexity index is 1320. The fourth-order valence-electron chi connectivity index (χ4n) is 3.01. The van der Waals surface area contributed by atoms with E-state index >= 15 is 0 Å². The van der Waals surface area contributed by atoms with Crippen molar-refractivity contribution in [3.63, 3.8) is 0 Å². The Labute approximate surface area is 177 Å². The molecule has 152 valence electrons. The first kappa shape index (κ1) is 18.7. The van der Waals surface area contributed by atoms with Crippen LogP contribution in [0, 0.1) is 6.92 Å². The van der Waals surface area contributed by atoms with Gasteiger partial charge in [0.2, 0.25) is 5.88 Å². The monoisotopic (exact) mass is 411 g/mol. The number of hydrogen-bond acceptors (Lipinski definition) is 8. The van der Waals surface area contributed by atoms with Crippen LogP contribution in [0.25, 0.3) is 22.3 Å². The molecule has 31 heavy (non-hydrogen) atoms. The summed E-state index contributed by atoms with van der Waals surface area (Å²) in [5.74, 6) is 3.34. The third-order valence-corrected chi connectivity index (χ3v) is 4.48. The van der Waals surface area contributed by atoms with Crippen molar-refractivity contribution in [2.75, 3.05) is 0 Å². The van der Waals surface area contributed by atoms with Crippen molar-refractivity contribution >= 4 is 10.9 Å². The van der Waals surface area contributed by atoms with Gasteiger partial charge in [0.15, 0.2) is 18.3 Å². The Morgan fingerprint density at radius 2 is 1.61 bits per heavy atom. The van der Waals surface area contributed by atoms with Crippen molar-refractivity contribution in [3.05, 3.63) is 84.8 Å². The lowest BCUT2D eigenvalue weighted by atomic mass is 10.2. The molecule has 0 spiro atoms. The molecule has 0 aliphatic heterocycles. The highest BCUT2D eigenvalue weighted by molar-refractivity contribution is 5.85. The van der Waals surface area contributed by atoms with Crippen molar-refractivity contribution < 1.29 is 14.0 Å².